The van der Waals surface area contributed by atoms with Gasteiger partial charge in [-0.1, -0.05) is 36.4 Å². The molecule has 0 unspecified atom stereocenters. The van der Waals surface area contributed by atoms with Crippen molar-refractivity contribution in [2.75, 3.05) is 5.73 Å². The van der Waals surface area contributed by atoms with E-state index < -0.39 is 0 Å². The van der Waals surface area contributed by atoms with Crippen LogP contribution in [0.25, 0.3) is 11.6 Å². The number of allylic oxidation sites excluding steroid dienone is 1. The molecule has 3 rings (SSSR count). The molecule has 2 heteroatoms. The van der Waals surface area contributed by atoms with Crippen molar-refractivity contribution in [1.29, 1.82) is 0 Å². The molecule has 0 aromatic heterocycles. The maximum absolute atomic E-state index is 12.2. The van der Waals surface area contributed by atoms with Crippen LogP contribution in [0.5, 0.6) is 0 Å². The molecule has 17 heavy (non-hydrogen) atoms. The fraction of sp³-hybridized carbons (Fsp3) is 0. The van der Waals surface area contributed by atoms with Crippen molar-refractivity contribution in [3.63, 3.8) is 0 Å². The topological polar surface area (TPSA) is 43.1 Å². The highest BCUT2D eigenvalue weighted by Crippen LogP contribution is 2.32. The van der Waals surface area contributed by atoms with Crippen molar-refractivity contribution in [3.05, 3.63) is 65.2 Å². The molecule has 2 N–H and O–H groups in total. The molecular formula is C15H11NO. The minimum atomic E-state index is 0.0542. The highest BCUT2D eigenvalue weighted by atomic mass is 16.1. The third-order valence-corrected chi connectivity index (χ3v) is 2.95. The summed E-state index contributed by atoms with van der Waals surface area (Å²) >= 11 is 0. The number of rotatable bonds is 1. The Kier molecular flexibility index (Phi) is 2.08. The number of nitrogens with two attached hydrogens (primary N) is 1. The molecule has 0 atom stereocenters. The Labute approximate surface area is 99.4 Å². The van der Waals surface area contributed by atoms with Gasteiger partial charge >= 0.3 is 0 Å². The fourth-order valence-electron chi connectivity index (χ4n) is 2.09. The number of carbonyl (C=O) groups excluding carboxylic acids is 1. The Hall–Kier alpha value is -2.35. The first kappa shape index (κ1) is 9.85. The summed E-state index contributed by atoms with van der Waals surface area (Å²) in [4.78, 5) is 12.2. The zero-order chi connectivity index (χ0) is 11.8. The van der Waals surface area contributed by atoms with Gasteiger partial charge in [-0.3, -0.25) is 4.79 Å². The average molecular weight is 221 g/mol. The number of Topliss-reactive ketones (excluding diaryl/α,β-unsaturated/α-hetero) is 1. The van der Waals surface area contributed by atoms with Gasteiger partial charge in [-0.25, -0.2) is 0 Å². The second kappa shape index (κ2) is 3.59. The number of hydrogen-bond acceptors (Lipinski definition) is 2. The van der Waals surface area contributed by atoms with Gasteiger partial charge < -0.3 is 5.73 Å². The third-order valence-electron chi connectivity index (χ3n) is 2.95. The number of benzene rings is 2. The van der Waals surface area contributed by atoms with Crippen LogP contribution in [0, 0.1) is 0 Å². The number of nitrogen functional groups attached to an aromatic ring is 1. The maximum atomic E-state index is 12.2. The number of anilines is 1. The zero-order valence-electron chi connectivity index (χ0n) is 9.18. The molecule has 2 aromatic rings. The maximum Gasteiger partial charge on any atom is 0.194 e. The highest BCUT2D eigenvalue weighted by molar-refractivity contribution is 6.37. The van der Waals surface area contributed by atoms with Gasteiger partial charge in [-0.15, -0.1) is 0 Å². The van der Waals surface area contributed by atoms with Gasteiger partial charge in [0.1, 0.15) is 0 Å². The van der Waals surface area contributed by atoms with Gasteiger partial charge in [0, 0.05) is 16.8 Å². The number of fused-ring (bicyclic) bond motifs is 1. The minimum Gasteiger partial charge on any atom is -0.399 e. The molecule has 0 fully saturated rings. The third kappa shape index (κ3) is 1.54. The molecule has 0 amide bonds. The van der Waals surface area contributed by atoms with Crippen molar-refractivity contribution in [2.24, 2.45) is 0 Å². The lowest BCUT2D eigenvalue weighted by Gasteiger charge is -2.01. The summed E-state index contributed by atoms with van der Waals surface area (Å²) in [5, 5.41) is 0. The molecular weight excluding hydrogens is 210 g/mol. The summed E-state index contributed by atoms with van der Waals surface area (Å²) in [5.74, 6) is 0.0542. The van der Waals surface area contributed by atoms with E-state index in [1.165, 1.54) is 0 Å². The van der Waals surface area contributed by atoms with Crippen LogP contribution in [0.1, 0.15) is 21.5 Å². The Morgan fingerprint density at radius 2 is 1.71 bits per heavy atom. The summed E-state index contributed by atoms with van der Waals surface area (Å²) in [7, 11) is 0. The van der Waals surface area contributed by atoms with Gasteiger partial charge in [0.15, 0.2) is 5.78 Å². The zero-order valence-corrected chi connectivity index (χ0v) is 9.18. The van der Waals surface area contributed by atoms with Crippen molar-refractivity contribution in [3.8, 4) is 0 Å². The van der Waals surface area contributed by atoms with Gasteiger partial charge in [-0.2, -0.15) is 0 Å². The van der Waals surface area contributed by atoms with Gasteiger partial charge in [-0.05, 0) is 29.3 Å². The SMILES string of the molecule is Nc1ccc2c(c1)C(=O)C(c1ccccc1)=C2. The molecule has 0 bridgehead atoms. The first-order valence-electron chi connectivity index (χ1n) is 5.47. The summed E-state index contributed by atoms with van der Waals surface area (Å²) in [6.45, 7) is 0. The summed E-state index contributed by atoms with van der Waals surface area (Å²) in [6.07, 6.45) is 1.92. The summed E-state index contributed by atoms with van der Waals surface area (Å²) < 4.78 is 0. The van der Waals surface area contributed by atoms with Crippen molar-refractivity contribution >= 4 is 23.1 Å². The van der Waals surface area contributed by atoms with Crippen LogP contribution in [0.3, 0.4) is 0 Å². The van der Waals surface area contributed by atoms with Gasteiger partial charge in [0.05, 0.1) is 0 Å². The molecule has 0 heterocycles. The standard InChI is InChI=1S/C15H11NO/c16-12-7-6-11-8-13(15(17)14(11)9-12)10-4-2-1-3-5-10/h1-9H,16H2. The van der Waals surface area contributed by atoms with E-state index in [0.717, 1.165) is 16.7 Å². The van der Waals surface area contributed by atoms with E-state index in [4.69, 9.17) is 5.73 Å². The van der Waals surface area contributed by atoms with Crippen LogP contribution in [-0.2, 0) is 0 Å². The molecule has 0 radical (unpaired) electrons. The predicted molar refractivity (Wildman–Crippen MR) is 69.5 cm³/mol. The van der Waals surface area contributed by atoms with E-state index >= 15 is 0 Å². The van der Waals surface area contributed by atoms with Crippen LogP contribution < -0.4 is 5.73 Å². The second-order valence-electron chi connectivity index (χ2n) is 4.10. The lowest BCUT2D eigenvalue weighted by Crippen LogP contribution is -1.99. The van der Waals surface area contributed by atoms with Gasteiger partial charge in [0.2, 0.25) is 0 Å². The van der Waals surface area contributed by atoms with E-state index in [1.54, 1.807) is 6.07 Å². The number of hydrogen-bond donors (Lipinski definition) is 1. The lowest BCUT2D eigenvalue weighted by atomic mass is 10.0. The second-order valence-corrected chi connectivity index (χ2v) is 4.10. The number of carbonyl (C=O) groups is 1. The molecule has 0 aliphatic heterocycles. The van der Waals surface area contributed by atoms with E-state index in [-0.39, 0.29) is 5.78 Å². The van der Waals surface area contributed by atoms with Gasteiger partial charge in [0.25, 0.3) is 0 Å². The van der Waals surface area contributed by atoms with E-state index in [2.05, 4.69) is 0 Å². The first-order valence-corrected chi connectivity index (χ1v) is 5.47. The first-order chi connectivity index (χ1) is 8.25. The Morgan fingerprint density at radius 3 is 2.47 bits per heavy atom. The van der Waals surface area contributed by atoms with Crippen LogP contribution in [0.15, 0.2) is 48.5 Å². The molecule has 1 aliphatic rings. The predicted octanol–water partition coefficient (Wildman–Crippen LogP) is 3.01. The largest absolute Gasteiger partial charge is 0.399 e. The van der Waals surface area contributed by atoms with Crippen molar-refractivity contribution < 1.29 is 4.79 Å². The van der Waals surface area contributed by atoms with Crippen LogP contribution in [0.2, 0.25) is 0 Å². The molecule has 82 valence electrons. The smallest absolute Gasteiger partial charge is 0.194 e. The quantitative estimate of drug-likeness (QED) is 0.752. The lowest BCUT2D eigenvalue weighted by molar-refractivity contribution is 0.105. The molecule has 1 aliphatic carbocycles. The summed E-state index contributed by atoms with van der Waals surface area (Å²) in [6, 6.07) is 15.1. The average Bonchev–Trinajstić information content (AvgIpc) is 2.68. The fourth-order valence-corrected chi connectivity index (χ4v) is 2.09. The van der Waals surface area contributed by atoms with E-state index in [9.17, 15) is 4.79 Å². The van der Waals surface area contributed by atoms with Crippen molar-refractivity contribution in [2.45, 2.75) is 0 Å². The Bertz CT molecular complexity index is 627. The molecule has 2 aromatic carbocycles. The Morgan fingerprint density at radius 1 is 0.941 bits per heavy atom. The molecule has 0 spiro atoms. The molecule has 0 saturated carbocycles. The highest BCUT2D eigenvalue weighted by Gasteiger charge is 2.23. The molecule has 0 saturated heterocycles. The normalized spacial score (nSPS) is 13.4. The molecule has 2 nitrogen and oxygen atoms in total. The van der Waals surface area contributed by atoms with Crippen molar-refractivity contribution in [1.82, 2.24) is 0 Å². The van der Waals surface area contributed by atoms with E-state index in [0.29, 0.717) is 11.3 Å². The Balaban J connectivity index is 2.11. The number of ketones is 1. The van der Waals surface area contributed by atoms with Crippen LogP contribution >= 0.6 is 0 Å². The summed E-state index contributed by atoms with van der Waals surface area (Å²) in [5.41, 5.74) is 9.66. The van der Waals surface area contributed by atoms with E-state index in [1.807, 2.05) is 48.5 Å². The van der Waals surface area contributed by atoms with Crippen LogP contribution in [-0.4, -0.2) is 5.78 Å². The minimum absolute atomic E-state index is 0.0542. The van der Waals surface area contributed by atoms with Crippen LogP contribution in [0.4, 0.5) is 5.69 Å². The monoisotopic (exact) mass is 221 g/mol.